The normalized spacial score (nSPS) is 10.6. The predicted molar refractivity (Wildman–Crippen MR) is 61.1 cm³/mol. The molecule has 0 atom stereocenters. The van der Waals surface area contributed by atoms with Crippen molar-refractivity contribution >= 4 is 28.8 Å². The molecule has 0 fully saturated rings. The van der Waals surface area contributed by atoms with Crippen LogP contribution in [-0.2, 0) is 4.79 Å². The monoisotopic (exact) mass is 237 g/mol. The molecule has 84 valence electrons. The Balaban J connectivity index is 2.15. The Kier molecular flexibility index (Phi) is 3.04. The van der Waals surface area contributed by atoms with Crippen LogP contribution in [0.25, 0.3) is 11.2 Å². The molecule has 2 aromatic heterocycles. The van der Waals surface area contributed by atoms with Crippen molar-refractivity contribution < 1.29 is 4.79 Å². The first-order valence-electron chi connectivity index (χ1n) is 4.65. The van der Waals surface area contributed by atoms with Gasteiger partial charge in [0.05, 0.1) is 12.1 Å². The standard InChI is InChI=1S/C9H11N5OS/c1-14(2)6(15)3-16-9-7-8(11-4-10-7)12-5-13-9/h4-5H,3H2,1-2H3,(H,10,11,12,13). The van der Waals surface area contributed by atoms with Crippen LogP contribution in [0.1, 0.15) is 0 Å². The molecular formula is C9H11N5OS. The molecule has 0 aliphatic carbocycles. The van der Waals surface area contributed by atoms with Gasteiger partial charge in [-0.3, -0.25) is 4.79 Å². The Morgan fingerprint density at radius 2 is 2.25 bits per heavy atom. The van der Waals surface area contributed by atoms with Gasteiger partial charge in [0.2, 0.25) is 5.91 Å². The zero-order valence-electron chi connectivity index (χ0n) is 8.97. The molecule has 0 saturated heterocycles. The van der Waals surface area contributed by atoms with E-state index in [1.165, 1.54) is 18.1 Å². The molecule has 0 aliphatic heterocycles. The van der Waals surface area contributed by atoms with E-state index in [0.29, 0.717) is 11.4 Å². The van der Waals surface area contributed by atoms with E-state index in [1.807, 2.05) is 0 Å². The number of hydrogen-bond acceptors (Lipinski definition) is 5. The number of nitrogens with one attached hydrogen (secondary N) is 1. The molecule has 0 bridgehead atoms. The van der Waals surface area contributed by atoms with Crippen molar-refractivity contribution in [2.24, 2.45) is 0 Å². The summed E-state index contributed by atoms with van der Waals surface area (Å²) in [7, 11) is 3.46. The maximum absolute atomic E-state index is 11.4. The van der Waals surface area contributed by atoms with E-state index in [9.17, 15) is 4.79 Å². The van der Waals surface area contributed by atoms with Gasteiger partial charge >= 0.3 is 0 Å². The SMILES string of the molecule is CN(C)C(=O)CSc1ncnc2nc[nH]c12. The number of thioether (sulfide) groups is 1. The van der Waals surface area contributed by atoms with Crippen molar-refractivity contribution in [3.63, 3.8) is 0 Å². The third-order valence-corrected chi connectivity index (χ3v) is 2.99. The summed E-state index contributed by atoms with van der Waals surface area (Å²) in [6, 6.07) is 0. The number of imidazole rings is 1. The van der Waals surface area contributed by atoms with Crippen LogP contribution in [0.15, 0.2) is 17.7 Å². The molecule has 2 rings (SSSR count). The Hall–Kier alpha value is -1.63. The van der Waals surface area contributed by atoms with Gasteiger partial charge in [0.15, 0.2) is 5.65 Å². The quantitative estimate of drug-likeness (QED) is 0.622. The molecule has 0 unspecified atom stereocenters. The number of hydrogen-bond donors (Lipinski definition) is 1. The maximum Gasteiger partial charge on any atom is 0.232 e. The highest BCUT2D eigenvalue weighted by atomic mass is 32.2. The van der Waals surface area contributed by atoms with Gasteiger partial charge < -0.3 is 9.88 Å². The summed E-state index contributed by atoms with van der Waals surface area (Å²) in [5, 5.41) is 0.748. The molecule has 6 nitrogen and oxygen atoms in total. The van der Waals surface area contributed by atoms with Gasteiger partial charge in [-0.15, -0.1) is 0 Å². The number of rotatable bonds is 3. The highest BCUT2D eigenvalue weighted by Crippen LogP contribution is 2.21. The second-order valence-corrected chi connectivity index (χ2v) is 4.32. The van der Waals surface area contributed by atoms with E-state index < -0.39 is 0 Å². The Morgan fingerprint density at radius 1 is 1.44 bits per heavy atom. The first-order valence-corrected chi connectivity index (χ1v) is 5.64. The van der Waals surface area contributed by atoms with Crippen molar-refractivity contribution in [1.82, 2.24) is 24.8 Å². The summed E-state index contributed by atoms with van der Waals surface area (Å²) in [4.78, 5) is 28.1. The Labute approximate surface area is 96.5 Å². The molecule has 2 heterocycles. The lowest BCUT2D eigenvalue weighted by atomic mass is 10.6. The van der Waals surface area contributed by atoms with Crippen LogP contribution in [0.2, 0.25) is 0 Å². The fourth-order valence-corrected chi connectivity index (χ4v) is 2.05. The minimum atomic E-state index is 0.0521. The zero-order valence-corrected chi connectivity index (χ0v) is 9.78. The first kappa shape index (κ1) is 10.9. The molecular weight excluding hydrogens is 226 g/mol. The summed E-state index contributed by atoms with van der Waals surface area (Å²) in [6.45, 7) is 0. The molecule has 7 heteroatoms. The van der Waals surface area contributed by atoms with Gasteiger partial charge in [0.1, 0.15) is 16.9 Å². The van der Waals surface area contributed by atoms with Crippen molar-refractivity contribution in [3.05, 3.63) is 12.7 Å². The van der Waals surface area contributed by atoms with Gasteiger partial charge in [-0.1, -0.05) is 11.8 Å². The molecule has 0 aromatic carbocycles. The second kappa shape index (κ2) is 4.48. The summed E-state index contributed by atoms with van der Waals surface area (Å²) in [5.74, 6) is 0.411. The number of aromatic amines is 1. The number of H-pyrrole nitrogens is 1. The second-order valence-electron chi connectivity index (χ2n) is 3.36. The fourth-order valence-electron chi connectivity index (χ4n) is 1.11. The molecule has 0 aliphatic rings. The average Bonchev–Trinajstić information content (AvgIpc) is 2.73. The highest BCUT2D eigenvalue weighted by Gasteiger charge is 2.09. The van der Waals surface area contributed by atoms with E-state index in [2.05, 4.69) is 19.9 Å². The van der Waals surface area contributed by atoms with Gasteiger partial charge in [-0.2, -0.15) is 0 Å². The third kappa shape index (κ3) is 2.13. The van der Waals surface area contributed by atoms with Gasteiger partial charge in [0.25, 0.3) is 0 Å². The van der Waals surface area contributed by atoms with E-state index in [0.717, 1.165) is 10.5 Å². The van der Waals surface area contributed by atoms with Crippen molar-refractivity contribution in [2.45, 2.75) is 5.03 Å². The van der Waals surface area contributed by atoms with Crippen LogP contribution < -0.4 is 0 Å². The number of carbonyl (C=O) groups excluding carboxylic acids is 1. The van der Waals surface area contributed by atoms with E-state index in [1.54, 1.807) is 25.3 Å². The van der Waals surface area contributed by atoms with Crippen molar-refractivity contribution in [2.75, 3.05) is 19.8 Å². The molecule has 2 aromatic rings. The summed E-state index contributed by atoms with van der Waals surface area (Å²) in [6.07, 6.45) is 3.02. The Bertz CT molecular complexity index is 509. The molecule has 0 radical (unpaired) electrons. The van der Waals surface area contributed by atoms with Crippen LogP contribution >= 0.6 is 11.8 Å². The summed E-state index contributed by atoms with van der Waals surface area (Å²) in [5.41, 5.74) is 1.40. The topological polar surface area (TPSA) is 74.8 Å². The molecule has 1 amide bonds. The summed E-state index contributed by atoms with van der Waals surface area (Å²) >= 11 is 1.38. The zero-order chi connectivity index (χ0) is 11.5. The third-order valence-electron chi connectivity index (χ3n) is 2.02. The van der Waals surface area contributed by atoms with Crippen molar-refractivity contribution in [1.29, 1.82) is 0 Å². The highest BCUT2D eigenvalue weighted by molar-refractivity contribution is 8.00. The molecule has 1 N–H and O–H groups in total. The average molecular weight is 237 g/mol. The lowest BCUT2D eigenvalue weighted by Crippen LogP contribution is -2.23. The molecule has 16 heavy (non-hydrogen) atoms. The molecule has 0 saturated carbocycles. The lowest BCUT2D eigenvalue weighted by Gasteiger charge is -2.08. The smallest absolute Gasteiger partial charge is 0.232 e. The van der Waals surface area contributed by atoms with Gasteiger partial charge in [-0.25, -0.2) is 15.0 Å². The van der Waals surface area contributed by atoms with Crippen LogP contribution in [0, 0.1) is 0 Å². The van der Waals surface area contributed by atoms with Crippen molar-refractivity contribution in [3.8, 4) is 0 Å². The predicted octanol–water partition coefficient (Wildman–Crippen LogP) is 0.533. The van der Waals surface area contributed by atoms with E-state index in [4.69, 9.17) is 0 Å². The van der Waals surface area contributed by atoms with Crippen LogP contribution in [0.5, 0.6) is 0 Å². The number of carbonyl (C=O) groups is 1. The van der Waals surface area contributed by atoms with E-state index >= 15 is 0 Å². The first-order chi connectivity index (χ1) is 7.68. The van der Waals surface area contributed by atoms with Crippen LogP contribution in [0.3, 0.4) is 0 Å². The lowest BCUT2D eigenvalue weighted by molar-refractivity contribution is -0.125. The number of aromatic nitrogens is 4. The molecule has 0 spiro atoms. The number of fused-ring (bicyclic) bond motifs is 1. The van der Waals surface area contributed by atoms with Gasteiger partial charge in [0, 0.05) is 14.1 Å². The van der Waals surface area contributed by atoms with Crippen LogP contribution in [0.4, 0.5) is 0 Å². The number of amides is 1. The summed E-state index contributed by atoms with van der Waals surface area (Å²) < 4.78 is 0. The number of nitrogens with zero attached hydrogens (tertiary/aromatic N) is 4. The maximum atomic E-state index is 11.4. The van der Waals surface area contributed by atoms with E-state index in [-0.39, 0.29) is 5.91 Å². The minimum Gasteiger partial charge on any atom is -0.348 e. The Morgan fingerprint density at radius 3 is 3.00 bits per heavy atom. The minimum absolute atomic E-state index is 0.0521. The largest absolute Gasteiger partial charge is 0.348 e. The fraction of sp³-hybridized carbons (Fsp3) is 0.333. The van der Waals surface area contributed by atoms with Crippen LogP contribution in [-0.4, -0.2) is 50.6 Å². The van der Waals surface area contributed by atoms with Gasteiger partial charge in [-0.05, 0) is 0 Å².